The van der Waals surface area contributed by atoms with Crippen molar-refractivity contribution in [1.29, 1.82) is 0 Å². The first kappa shape index (κ1) is 28.4. The van der Waals surface area contributed by atoms with Gasteiger partial charge in [-0.3, -0.25) is 0 Å². The van der Waals surface area contributed by atoms with Crippen LogP contribution in [0.5, 0.6) is 0 Å². The van der Waals surface area contributed by atoms with Crippen LogP contribution in [0.1, 0.15) is 44.4 Å². The lowest BCUT2D eigenvalue weighted by molar-refractivity contribution is -0.153. The van der Waals surface area contributed by atoms with E-state index < -0.39 is 62.1 Å². The summed E-state index contributed by atoms with van der Waals surface area (Å²) >= 11 is 0. The molecule has 0 bridgehead atoms. The van der Waals surface area contributed by atoms with Crippen molar-refractivity contribution in [2.75, 3.05) is 13.1 Å². The van der Waals surface area contributed by atoms with Crippen molar-refractivity contribution < 1.29 is 39.2 Å². The van der Waals surface area contributed by atoms with Gasteiger partial charge in [0.25, 0.3) is 10.2 Å². The second-order valence-electron chi connectivity index (χ2n) is 10.5. The summed E-state index contributed by atoms with van der Waals surface area (Å²) in [5.74, 6) is -1.17. The average Bonchev–Trinajstić information content (AvgIpc) is 3.03. The fourth-order valence-electron chi connectivity index (χ4n) is 4.44. The van der Waals surface area contributed by atoms with Gasteiger partial charge in [-0.05, 0) is 35.6 Å². The summed E-state index contributed by atoms with van der Waals surface area (Å²) in [6, 6.07) is 3.46. The lowest BCUT2D eigenvalue weighted by Crippen LogP contribution is -2.51. The zero-order valence-electron chi connectivity index (χ0n) is 20.7. The molecule has 2 aromatic carbocycles. The standard InChI is InChI=1S/C25H26F7N3O2S/c1-23(2,3)14-34-13-18(22(25(30,31)32)33-38(36,37)35-9-6-10-35)17-11-20(26)16(12-21(17)34)15-7-4-5-8-19(15)24(27,28)29/h4-5,7-8,11-13,22,33H,6,9-10,14H2,1-3H3. The molecule has 0 amide bonds. The van der Waals surface area contributed by atoms with E-state index >= 15 is 4.39 Å². The molecule has 1 aromatic heterocycles. The highest BCUT2D eigenvalue weighted by molar-refractivity contribution is 7.87. The normalized spacial score (nSPS) is 16.6. The fourth-order valence-corrected chi connectivity index (χ4v) is 5.89. The van der Waals surface area contributed by atoms with E-state index in [0.29, 0.717) is 6.42 Å². The molecular formula is C25H26F7N3O2S. The third kappa shape index (κ3) is 5.69. The first-order chi connectivity index (χ1) is 17.4. The van der Waals surface area contributed by atoms with Crippen molar-refractivity contribution in [1.82, 2.24) is 13.6 Å². The Labute approximate surface area is 215 Å². The maximum absolute atomic E-state index is 15.4. The molecule has 3 aromatic rings. The summed E-state index contributed by atoms with van der Waals surface area (Å²) in [4.78, 5) is 0. The number of alkyl halides is 6. The SMILES string of the molecule is CC(C)(C)Cn1cc(C(NS(=O)(=O)N2CCC2)C(F)(F)F)c2cc(F)c(-c3ccccc3C(F)(F)F)cc21. The Bertz CT molecular complexity index is 1450. The summed E-state index contributed by atoms with van der Waals surface area (Å²) in [5, 5.41) is -0.256. The Balaban J connectivity index is 1.95. The quantitative estimate of drug-likeness (QED) is 0.340. The molecule has 1 saturated heterocycles. The molecule has 0 aliphatic carbocycles. The van der Waals surface area contributed by atoms with E-state index in [9.17, 15) is 34.8 Å². The lowest BCUT2D eigenvalue weighted by Gasteiger charge is -2.32. The molecule has 4 rings (SSSR count). The minimum atomic E-state index is -5.09. The highest BCUT2D eigenvalue weighted by atomic mass is 32.2. The van der Waals surface area contributed by atoms with Crippen molar-refractivity contribution in [2.45, 2.75) is 52.1 Å². The van der Waals surface area contributed by atoms with Gasteiger partial charge in [-0.15, -0.1) is 0 Å². The average molecular weight is 566 g/mol. The van der Waals surface area contributed by atoms with Gasteiger partial charge >= 0.3 is 12.4 Å². The Kier molecular flexibility index (Phi) is 7.11. The predicted octanol–water partition coefficient (Wildman–Crippen LogP) is 6.66. The second-order valence-corrected chi connectivity index (χ2v) is 12.2. The van der Waals surface area contributed by atoms with E-state index in [0.717, 1.165) is 40.8 Å². The number of benzene rings is 2. The van der Waals surface area contributed by atoms with Crippen LogP contribution in [0.2, 0.25) is 0 Å². The Morgan fingerprint density at radius 3 is 2.13 bits per heavy atom. The maximum Gasteiger partial charge on any atom is 0.417 e. The van der Waals surface area contributed by atoms with E-state index in [1.807, 2.05) is 0 Å². The van der Waals surface area contributed by atoms with E-state index in [2.05, 4.69) is 0 Å². The number of rotatable bonds is 6. The maximum atomic E-state index is 15.4. The van der Waals surface area contributed by atoms with Crippen molar-refractivity contribution in [3.63, 3.8) is 0 Å². The van der Waals surface area contributed by atoms with Crippen LogP contribution in [0.3, 0.4) is 0 Å². The molecule has 2 heterocycles. The first-order valence-electron chi connectivity index (χ1n) is 11.7. The largest absolute Gasteiger partial charge is 0.417 e. The first-order valence-corrected chi connectivity index (χ1v) is 13.2. The number of nitrogens with one attached hydrogen (secondary N) is 1. The van der Waals surface area contributed by atoms with E-state index in [1.165, 1.54) is 10.6 Å². The third-order valence-corrected chi connectivity index (χ3v) is 7.81. The fraction of sp³-hybridized carbons (Fsp3) is 0.440. The van der Waals surface area contributed by atoms with Crippen LogP contribution < -0.4 is 4.72 Å². The van der Waals surface area contributed by atoms with Crippen molar-refractivity contribution in [3.8, 4) is 11.1 Å². The second kappa shape index (κ2) is 9.53. The zero-order chi connectivity index (χ0) is 28.3. The summed E-state index contributed by atoms with van der Waals surface area (Å²) in [6.45, 7) is 5.67. The van der Waals surface area contributed by atoms with Crippen LogP contribution in [-0.2, 0) is 22.9 Å². The summed E-state index contributed by atoms with van der Waals surface area (Å²) in [5.41, 5.74) is -2.99. The van der Waals surface area contributed by atoms with Gasteiger partial charge in [-0.2, -0.15) is 43.8 Å². The van der Waals surface area contributed by atoms with Gasteiger partial charge in [-0.25, -0.2) is 4.39 Å². The smallest absolute Gasteiger partial charge is 0.347 e. The topological polar surface area (TPSA) is 54.3 Å². The number of hydrogen-bond donors (Lipinski definition) is 1. The van der Waals surface area contributed by atoms with Gasteiger partial charge in [0.15, 0.2) is 0 Å². The number of nitrogens with zero attached hydrogens (tertiary/aromatic N) is 2. The van der Waals surface area contributed by atoms with E-state index in [4.69, 9.17) is 0 Å². The van der Waals surface area contributed by atoms with Crippen LogP contribution in [0.4, 0.5) is 30.7 Å². The molecule has 1 aliphatic heterocycles. The van der Waals surface area contributed by atoms with Gasteiger partial charge in [0, 0.05) is 47.9 Å². The third-order valence-electron chi connectivity index (χ3n) is 6.23. The molecule has 1 fully saturated rings. The highest BCUT2D eigenvalue weighted by Gasteiger charge is 2.46. The van der Waals surface area contributed by atoms with Crippen LogP contribution in [0, 0.1) is 11.2 Å². The molecule has 0 saturated carbocycles. The van der Waals surface area contributed by atoms with E-state index in [-0.39, 0.29) is 30.5 Å². The van der Waals surface area contributed by atoms with Gasteiger partial charge < -0.3 is 4.57 Å². The van der Waals surface area contributed by atoms with Crippen LogP contribution in [0.25, 0.3) is 22.0 Å². The molecule has 0 spiro atoms. The molecule has 38 heavy (non-hydrogen) atoms. The minimum Gasteiger partial charge on any atom is -0.347 e. The predicted molar refractivity (Wildman–Crippen MR) is 129 cm³/mol. The summed E-state index contributed by atoms with van der Waals surface area (Å²) in [7, 11) is -4.50. The molecular weight excluding hydrogens is 539 g/mol. The zero-order valence-corrected chi connectivity index (χ0v) is 21.5. The van der Waals surface area contributed by atoms with Crippen LogP contribution in [-0.4, -0.2) is 36.6 Å². The molecule has 208 valence electrons. The van der Waals surface area contributed by atoms with Gasteiger partial charge in [-0.1, -0.05) is 39.0 Å². The molecule has 1 N–H and O–H groups in total. The molecule has 1 aliphatic rings. The summed E-state index contributed by atoms with van der Waals surface area (Å²) < 4.78 is 128. The number of halogens is 7. The monoisotopic (exact) mass is 565 g/mol. The highest BCUT2D eigenvalue weighted by Crippen LogP contribution is 2.43. The Morgan fingerprint density at radius 1 is 0.974 bits per heavy atom. The molecule has 0 radical (unpaired) electrons. The van der Waals surface area contributed by atoms with Gasteiger partial charge in [0.2, 0.25) is 0 Å². The van der Waals surface area contributed by atoms with Crippen molar-refractivity contribution in [2.24, 2.45) is 5.41 Å². The molecule has 1 unspecified atom stereocenters. The van der Waals surface area contributed by atoms with Crippen LogP contribution in [0.15, 0.2) is 42.6 Å². The summed E-state index contributed by atoms with van der Waals surface area (Å²) in [6.07, 6.45) is -8.29. The number of aromatic nitrogens is 1. The minimum absolute atomic E-state index is 0.0423. The molecule has 1 atom stereocenters. The van der Waals surface area contributed by atoms with Crippen LogP contribution >= 0.6 is 0 Å². The molecule has 13 heteroatoms. The van der Waals surface area contributed by atoms with Gasteiger partial charge in [0.1, 0.15) is 11.9 Å². The molecule has 5 nitrogen and oxygen atoms in total. The Morgan fingerprint density at radius 2 is 1.61 bits per heavy atom. The van der Waals surface area contributed by atoms with Gasteiger partial charge in [0.05, 0.1) is 5.56 Å². The van der Waals surface area contributed by atoms with Crippen molar-refractivity contribution in [3.05, 3.63) is 59.5 Å². The lowest BCUT2D eigenvalue weighted by atomic mass is 9.95. The Hall–Kier alpha value is -2.64. The number of fused-ring (bicyclic) bond motifs is 1. The van der Waals surface area contributed by atoms with Crippen molar-refractivity contribution >= 4 is 21.1 Å². The number of hydrogen-bond acceptors (Lipinski definition) is 2. The van der Waals surface area contributed by atoms with E-state index in [1.54, 1.807) is 25.5 Å².